The Morgan fingerprint density at radius 2 is 1.82 bits per heavy atom. The summed E-state index contributed by atoms with van der Waals surface area (Å²) in [5.74, 6) is 0.142. The van der Waals surface area contributed by atoms with Gasteiger partial charge in [0, 0.05) is 18.1 Å². The summed E-state index contributed by atoms with van der Waals surface area (Å²) < 4.78 is 0. The van der Waals surface area contributed by atoms with Crippen LogP contribution in [0.1, 0.15) is 40.6 Å². The predicted molar refractivity (Wildman–Crippen MR) is 107 cm³/mol. The Bertz CT molecular complexity index is 1050. The van der Waals surface area contributed by atoms with Gasteiger partial charge in [-0.2, -0.15) is 0 Å². The molecule has 0 spiro atoms. The van der Waals surface area contributed by atoms with Crippen LogP contribution in [0.15, 0.2) is 36.4 Å². The van der Waals surface area contributed by atoms with E-state index >= 15 is 0 Å². The number of fused-ring (bicyclic) bond motifs is 3. The van der Waals surface area contributed by atoms with Crippen molar-refractivity contribution in [2.24, 2.45) is 5.92 Å². The average molecular weight is 400 g/mol. The number of nitrogens with zero attached hydrogens (tertiary/aromatic N) is 2. The topological polar surface area (TPSA) is 98.3 Å². The first-order valence-electron chi connectivity index (χ1n) is 8.95. The lowest BCUT2D eigenvalue weighted by Gasteiger charge is -2.38. The maximum atomic E-state index is 11.7. The van der Waals surface area contributed by atoms with Crippen LogP contribution in [-0.4, -0.2) is 9.85 Å². The lowest BCUT2D eigenvalue weighted by atomic mass is 9.74. The summed E-state index contributed by atoms with van der Waals surface area (Å²) in [5.41, 5.74) is 3.94. The Morgan fingerprint density at radius 3 is 2.50 bits per heavy atom. The highest BCUT2D eigenvalue weighted by atomic mass is 35.5. The third-order valence-corrected chi connectivity index (χ3v) is 6.19. The molecule has 2 aliphatic rings. The minimum Gasteiger partial charge on any atom is -0.372 e. The van der Waals surface area contributed by atoms with Gasteiger partial charge in [0.05, 0.1) is 15.9 Å². The molecule has 0 aromatic heterocycles. The molecule has 28 heavy (non-hydrogen) atoms. The number of allylic oxidation sites excluding steroid dienone is 2. The average Bonchev–Trinajstić information content (AvgIpc) is 3.13. The first-order valence-corrected chi connectivity index (χ1v) is 9.33. The molecule has 7 nitrogen and oxygen atoms in total. The third kappa shape index (κ3) is 2.74. The third-order valence-electron chi connectivity index (χ3n) is 5.87. The maximum absolute atomic E-state index is 11.7. The molecule has 0 saturated heterocycles. The van der Waals surface area contributed by atoms with Gasteiger partial charge in [0.25, 0.3) is 11.4 Å². The lowest BCUT2D eigenvalue weighted by molar-refractivity contribution is -0.384. The van der Waals surface area contributed by atoms with E-state index in [0.29, 0.717) is 11.3 Å². The smallest absolute Gasteiger partial charge is 0.292 e. The van der Waals surface area contributed by atoms with Gasteiger partial charge in [-0.15, -0.1) is 0 Å². The number of hydrogen-bond acceptors (Lipinski definition) is 5. The van der Waals surface area contributed by atoms with Crippen molar-refractivity contribution in [1.29, 1.82) is 0 Å². The Balaban J connectivity index is 1.90. The molecule has 3 atom stereocenters. The van der Waals surface area contributed by atoms with Crippen LogP contribution >= 0.6 is 11.6 Å². The first kappa shape index (κ1) is 18.4. The van der Waals surface area contributed by atoms with E-state index in [0.717, 1.165) is 23.1 Å². The molecule has 2 aromatic carbocycles. The van der Waals surface area contributed by atoms with Crippen molar-refractivity contribution in [2.45, 2.75) is 32.2 Å². The van der Waals surface area contributed by atoms with E-state index in [9.17, 15) is 20.2 Å². The van der Waals surface area contributed by atoms with Crippen LogP contribution in [0.4, 0.5) is 17.1 Å². The van der Waals surface area contributed by atoms with Gasteiger partial charge in [0.15, 0.2) is 0 Å². The molecule has 2 aromatic rings. The molecule has 0 fully saturated rings. The van der Waals surface area contributed by atoms with Gasteiger partial charge >= 0.3 is 0 Å². The van der Waals surface area contributed by atoms with Gasteiger partial charge in [-0.1, -0.05) is 29.8 Å². The molecule has 1 heterocycles. The highest BCUT2D eigenvalue weighted by Gasteiger charge is 2.42. The fourth-order valence-corrected chi connectivity index (χ4v) is 4.60. The van der Waals surface area contributed by atoms with Crippen molar-refractivity contribution in [2.75, 3.05) is 5.32 Å². The van der Waals surface area contributed by atoms with Crippen molar-refractivity contribution >= 4 is 28.7 Å². The van der Waals surface area contributed by atoms with E-state index in [4.69, 9.17) is 11.6 Å². The van der Waals surface area contributed by atoms with E-state index in [1.807, 2.05) is 13.8 Å². The Morgan fingerprint density at radius 1 is 1.11 bits per heavy atom. The van der Waals surface area contributed by atoms with Crippen LogP contribution < -0.4 is 5.32 Å². The van der Waals surface area contributed by atoms with Crippen molar-refractivity contribution in [3.63, 3.8) is 0 Å². The van der Waals surface area contributed by atoms with Gasteiger partial charge in [0.2, 0.25) is 0 Å². The van der Waals surface area contributed by atoms with E-state index < -0.39 is 4.92 Å². The number of anilines is 1. The summed E-state index contributed by atoms with van der Waals surface area (Å²) in [6.45, 7) is 3.86. The van der Waals surface area contributed by atoms with Crippen LogP contribution in [0.3, 0.4) is 0 Å². The maximum Gasteiger partial charge on any atom is 0.292 e. The van der Waals surface area contributed by atoms with Gasteiger partial charge in [0.1, 0.15) is 10.7 Å². The van der Waals surface area contributed by atoms with Crippen molar-refractivity contribution < 1.29 is 9.85 Å². The van der Waals surface area contributed by atoms with Crippen LogP contribution in [-0.2, 0) is 0 Å². The zero-order valence-electron chi connectivity index (χ0n) is 15.3. The number of nitro benzene ring substituents is 2. The number of halogens is 1. The van der Waals surface area contributed by atoms with E-state index in [-0.39, 0.29) is 39.2 Å². The van der Waals surface area contributed by atoms with Crippen molar-refractivity contribution in [3.8, 4) is 0 Å². The number of rotatable bonds is 3. The number of nitro groups is 2. The zero-order chi connectivity index (χ0) is 20.2. The van der Waals surface area contributed by atoms with Gasteiger partial charge in [-0.25, -0.2) is 0 Å². The van der Waals surface area contributed by atoms with E-state index in [2.05, 4.69) is 17.5 Å². The fourth-order valence-electron chi connectivity index (χ4n) is 4.42. The first-order chi connectivity index (χ1) is 13.3. The number of aryl methyl sites for hydroxylation is 1. The van der Waals surface area contributed by atoms with Crippen LogP contribution in [0.5, 0.6) is 0 Å². The Labute approximate surface area is 166 Å². The zero-order valence-corrected chi connectivity index (χ0v) is 16.1. The minimum absolute atomic E-state index is 0.0228. The van der Waals surface area contributed by atoms with Crippen molar-refractivity contribution in [1.82, 2.24) is 0 Å². The summed E-state index contributed by atoms with van der Waals surface area (Å²) in [6, 6.07) is 6.03. The second-order valence-corrected chi connectivity index (χ2v) is 7.73. The number of hydrogen-bond donors (Lipinski definition) is 1. The second-order valence-electron chi connectivity index (χ2n) is 7.33. The largest absolute Gasteiger partial charge is 0.372 e. The van der Waals surface area contributed by atoms with Gasteiger partial charge in [-0.3, -0.25) is 20.2 Å². The second kappa shape index (κ2) is 6.60. The molecule has 144 valence electrons. The summed E-state index contributed by atoms with van der Waals surface area (Å²) >= 11 is 5.96. The predicted octanol–water partition coefficient (Wildman–Crippen LogP) is 5.60. The van der Waals surface area contributed by atoms with Gasteiger partial charge in [-0.05, 0) is 54.5 Å². The number of benzene rings is 2. The lowest BCUT2D eigenvalue weighted by Crippen LogP contribution is -2.30. The van der Waals surface area contributed by atoms with E-state index in [1.165, 1.54) is 12.1 Å². The fraction of sp³-hybridized carbons (Fsp3) is 0.300. The quantitative estimate of drug-likeness (QED) is 0.411. The molecular formula is C20H18ClN3O4. The highest BCUT2D eigenvalue weighted by Crippen LogP contribution is 2.54. The molecule has 0 radical (unpaired) electrons. The molecule has 0 unspecified atom stereocenters. The van der Waals surface area contributed by atoms with E-state index in [1.54, 1.807) is 12.1 Å². The molecule has 8 heteroatoms. The summed E-state index contributed by atoms with van der Waals surface area (Å²) in [6.07, 6.45) is 4.97. The Hall–Kier alpha value is -2.93. The molecular weight excluding hydrogens is 382 g/mol. The normalized spacial score (nSPS) is 22.3. The SMILES string of the molecule is Cc1cc([N+](=O)[O-])c2c(c1C)[C@@H]1C=CC[C@H]1[C@@H](c1ccc(Cl)c([N+](=O)[O-])c1)N2. The summed E-state index contributed by atoms with van der Waals surface area (Å²) in [4.78, 5) is 22.1. The molecule has 1 aliphatic heterocycles. The summed E-state index contributed by atoms with van der Waals surface area (Å²) in [5, 5.41) is 26.4. The summed E-state index contributed by atoms with van der Waals surface area (Å²) in [7, 11) is 0. The molecule has 0 saturated carbocycles. The molecule has 1 N–H and O–H groups in total. The monoisotopic (exact) mass is 399 g/mol. The van der Waals surface area contributed by atoms with Gasteiger partial charge < -0.3 is 5.32 Å². The van der Waals surface area contributed by atoms with Crippen LogP contribution in [0.2, 0.25) is 5.02 Å². The molecule has 1 aliphatic carbocycles. The number of nitrogens with one attached hydrogen (secondary N) is 1. The Kier molecular flexibility index (Phi) is 4.34. The molecule has 0 bridgehead atoms. The van der Waals surface area contributed by atoms with Crippen LogP contribution in [0.25, 0.3) is 0 Å². The molecule has 4 rings (SSSR count). The highest BCUT2D eigenvalue weighted by molar-refractivity contribution is 6.32. The molecule has 0 amide bonds. The standard InChI is InChI=1S/C20H18ClN3O4/c1-10-8-17(24(27)28)20-18(11(10)2)13-4-3-5-14(13)19(22-20)12-6-7-15(21)16(9-12)23(25)26/h3-4,6-9,13-14,19,22H,5H2,1-2H3/t13-,14-,19-/m1/s1. The minimum atomic E-state index is -0.511. The van der Waals surface area contributed by atoms with Crippen LogP contribution in [0, 0.1) is 40.0 Å². The van der Waals surface area contributed by atoms with Crippen molar-refractivity contribution in [3.05, 3.63) is 83.9 Å².